The second kappa shape index (κ2) is 6.98. The van der Waals surface area contributed by atoms with Crippen molar-refractivity contribution in [1.82, 2.24) is 9.97 Å². The molecule has 1 aliphatic rings. The van der Waals surface area contributed by atoms with E-state index in [2.05, 4.69) is 21.4 Å². The van der Waals surface area contributed by atoms with Crippen molar-refractivity contribution < 1.29 is 14.3 Å². The van der Waals surface area contributed by atoms with Crippen LogP contribution in [0.4, 0.5) is 5.95 Å². The number of hydrogen-bond donors (Lipinski definition) is 2. The van der Waals surface area contributed by atoms with Crippen LogP contribution in [0.15, 0.2) is 53.3 Å². The highest BCUT2D eigenvalue weighted by atomic mass is 16.5. The van der Waals surface area contributed by atoms with Crippen LogP contribution in [0.5, 0.6) is 5.75 Å². The van der Waals surface area contributed by atoms with Crippen molar-refractivity contribution in [2.75, 3.05) is 5.32 Å². The number of nitrogens with zero attached hydrogens (tertiary/aromatic N) is 3. The molecule has 4 rings (SSSR count). The molecule has 1 aliphatic heterocycles. The Morgan fingerprint density at radius 2 is 2.14 bits per heavy atom. The molecule has 0 saturated heterocycles. The van der Waals surface area contributed by atoms with E-state index in [9.17, 15) is 10.4 Å². The van der Waals surface area contributed by atoms with Crippen LogP contribution in [-0.2, 0) is 6.42 Å². The molecule has 0 spiro atoms. The highest BCUT2D eigenvalue weighted by molar-refractivity contribution is 5.49. The van der Waals surface area contributed by atoms with Crippen LogP contribution in [0.1, 0.15) is 42.5 Å². The average molecular weight is 376 g/mol. The van der Waals surface area contributed by atoms with Crippen molar-refractivity contribution in [2.45, 2.75) is 38.0 Å². The summed E-state index contributed by atoms with van der Waals surface area (Å²) in [4.78, 5) is 8.83. The summed E-state index contributed by atoms with van der Waals surface area (Å²) in [6.45, 7) is 3.64. The third-order valence-corrected chi connectivity index (χ3v) is 4.81. The van der Waals surface area contributed by atoms with Crippen molar-refractivity contribution in [2.24, 2.45) is 0 Å². The molecule has 0 unspecified atom stereocenters. The summed E-state index contributed by atoms with van der Waals surface area (Å²) >= 11 is 0. The third kappa shape index (κ3) is 3.42. The first kappa shape index (κ1) is 18.0. The van der Waals surface area contributed by atoms with Crippen LogP contribution in [0.3, 0.4) is 0 Å². The SMILES string of the molecule is CC1(C)Oc2ccc(C#N)cc2[C@H](Nc2nccc(Cc3ccco3)n2)[C@H]1O. The summed E-state index contributed by atoms with van der Waals surface area (Å²) < 4.78 is 11.3. The van der Waals surface area contributed by atoms with Gasteiger partial charge in [-0.3, -0.25) is 0 Å². The van der Waals surface area contributed by atoms with Crippen LogP contribution in [0.25, 0.3) is 0 Å². The third-order valence-electron chi connectivity index (χ3n) is 4.81. The van der Waals surface area contributed by atoms with Gasteiger partial charge in [-0.2, -0.15) is 5.26 Å². The average Bonchev–Trinajstić information content (AvgIpc) is 3.18. The van der Waals surface area contributed by atoms with E-state index in [1.807, 2.05) is 32.0 Å². The van der Waals surface area contributed by atoms with Crippen molar-refractivity contribution in [1.29, 1.82) is 5.26 Å². The summed E-state index contributed by atoms with van der Waals surface area (Å²) in [5.74, 6) is 1.82. The molecule has 2 atom stereocenters. The van der Waals surface area contributed by atoms with Gasteiger partial charge in [0.15, 0.2) is 0 Å². The fourth-order valence-electron chi connectivity index (χ4n) is 3.32. The van der Waals surface area contributed by atoms with Gasteiger partial charge in [-0.25, -0.2) is 9.97 Å². The quantitative estimate of drug-likeness (QED) is 0.720. The number of benzene rings is 1. The number of rotatable bonds is 4. The van der Waals surface area contributed by atoms with Gasteiger partial charge in [-0.05, 0) is 50.2 Å². The minimum atomic E-state index is -0.869. The van der Waals surface area contributed by atoms with Crippen LogP contribution < -0.4 is 10.1 Å². The molecule has 0 amide bonds. The number of hydrogen-bond acceptors (Lipinski definition) is 7. The molecule has 0 aliphatic carbocycles. The van der Waals surface area contributed by atoms with E-state index in [0.29, 0.717) is 29.2 Å². The summed E-state index contributed by atoms with van der Waals surface area (Å²) in [6, 6.07) is 12.3. The number of furan rings is 1. The van der Waals surface area contributed by atoms with Crippen molar-refractivity contribution in [3.8, 4) is 11.8 Å². The molecule has 3 heterocycles. The van der Waals surface area contributed by atoms with Gasteiger partial charge in [0.05, 0.1) is 29.6 Å². The number of nitrogens with one attached hydrogen (secondary N) is 1. The number of aromatic nitrogens is 2. The summed E-state index contributed by atoms with van der Waals surface area (Å²) in [7, 11) is 0. The van der Waals surface area contributed by atoms with E-state index in [1.165, 1.54) is 0 Å². The molecule has 28 heavy (non-hydrogen) atoms. The molecule has 142 valence electrons. The number of anilines is 1. The fraction of sp³-hybridized carbons (Fsp3) is 0.286. The highest BCUT2D eigenvalue weighted by Crippen LogP contribution is 2.41. The Hall–Kier alpha value is -3.37. The zero-order chi connectivity index (χ0) is 19.7. The molecule has 0 fully saturated rings. The van der Waals surface area contributed by atoms with Gasteiger partial charge in [-0.1, -0.05) is 0 Å². The van der Waals surface area contributed by atoms with Crippen molar-refractivity contribution in [3.05, 3.63) is 71.4 Å². The molecular formula is C21H20N4O3. The lowest BCUT2D eigenvalue weighted by Crippen LogP contribution is -2.50. The second-order valence-electron chi connectivity index (χ2n) is 7.26. The standard InChI is InChI=1S/C21H20N4O3/c1-21(2)19(26)18(16-10-13(12-22)5-6-17(16)28-21)25-20-23-8-7-14(24-20)11-15-4-3-9-27-15/h3-10,18-19,26H,11H2,1-2H3,(H,23,24,25)/t18-,19+/m0/s1. The van der Waals surface area contributed by atoms with Gasteiger partial charge in [0.2, 0.25) is 5.95 Å². The van der Waals surface area contributed by atoms with E-state index >= 15 is 0 Å². The summed E-state index contributed by atoms with van der Waals surface area (Å²) in [6.07, 6.45) is 2.96. The number of ether oxygens (including phenoxy) is 1. The molecule has 0 saturated carbocycles. The van der Waals surface area contributed by atoms with E-state index in [4.69, 9.17) is 9.15 Å². The normalized spacial score (nSPS) is 19.9. The zero-order valence-corrected chi connectivity index (χ0v) is 15.6. The molecule has 2 aromatic heterocycles. The minimum Gasteiger partial charge on any atom is -0.485 e. The highest BCUT2D eigenvalue weighted by Gasteiger charge is 2.43. The maximum absolute atomic E-state index is 10.9. The lowest BCUT2D eigenvalue weighted by molar-refractivity contribution is -0.0534. The molecule has 7 nitrogen and oxygen atoms in total. The lowest BCUT2D eigenvalue weighted by Gasteiger charge is -2.42. The first-order chi connectivity index (χ1) is 13.5. The smallest absolute Gasteiger partial charge is 0.223 e. The minimum absolute atomic E-state index is 0.388. The number of nitriles is 1. The molecule has 1 aromatic carbocycles. The Kier molecular flexibility index (Phi) is 4.49. The van der Waals surface area contributed by atoms with Crippen molar-refractivity contribution >= 4 is 5.95 Å². The van der Waals surface area contributed by atoms with Crippen LogP contribution in [0, 0.1) is 11.3 Å². The first-order valence-electron chi connectivity index (χ1n) is 8.98. The molecule has 0 radical (unpaired) electrons. The Morgan fingerprint density at radius 3 is 2.89 bits per heavy atom. The Labute approximate surface area is 162 Å². The molecular weight excluding hydrogens is 356 g/mol. The van der Waals surface area contributed by atoms with Crippen LogP contribution in [0.2, 0.25) is 0 Å². The molecule has 7 heteroatoms. The van der Waals surface area contributed by atoms with Crippen LogP contribution in [-0.4, -0.2) is 26.8 Å². The van der Waals surface area contributed by atoms with E-state index in [0.717, 1.165) is 11.5 Å². The Balaban J connectivity index is 1.66. The molecule has 3 aromatic rings. The van der Waals surface area contributed by atoms with Gasteiger partial charge in [0, 0.05) is 18.2 Å². The maximum Gasteiger partial charge on any atom is 0.223 e. The predicted octanol–water partition coefficient (Wildman–Crippen LogP) is 3.22. The zero-order valence-electron chi connectivity index (χ0n) is 15.6. The number of fused-ring (bicyclic) bond motifs is 1. The van der Waals surface area contributed by atoms with E-state index in [1.54, 1.807) is 30.7 Å². The Bertz CT molecular complexity index is 1020. The predicted molar refractivity (Wildman–Crippen MR) is 102 cm³/mol. The van der Waals surface area contributed by atoms with Gasteiger partial charge in [0.25, 0.3) is 0 Å². The van der Waals surface area contributed by atoms with Gasteiger partial charge < -0.3 is 19.6 Å². The largest absolute Gasteiger partial charge is 0.485 e. The van der Waals surface area contributed by atoms with Gasteiger partial charge in [0.1, 0.15) is 23.2 Å². The summed E-state index contributed by atoms with van der Waals surface area (Å²) in [5.41, 5.74) is 1.17. The second-order valence-corrected chi connectivity index (χ2v) is 7.26. The molecule has 0 bridgehead atoms. The monoisotopic (exact) mass is 376 g/mol. The fourth-order valence-corrected chi connectivity index (χ4v) is 3.32. The lowest BCUT2D eigenvalue weighted by atomic mass is 9.86. The Morgan fingerprint density at radius 1 is 1.29 bits per heavy atom. The van der Waals surface area contributed by atoms with Gasteiger partial charge >= 0.3 is 0 Å². The van der Waals surface area contributed by atoms with E-state index in [-0.39, 0.29) is 0 Å². The maximum atomic E-state index is 10.9. The van der Waals surface area contributed by atoms with Gasteiger partial charge in [-0.15, -0.1) is 0 Å². The summed E-state index contributed by atoms with van der Waals surface area (Å²) in [5, 5.41) is 23.4. The van der Waals surface area contributed by atoms with E-state index < -0.39 is 17.7 Å². The van der Waals surface area contributed by atoms with Crippen LogP contribution >= 0.6 is 0 Å². The number of aliphatic hydroxyl groups is 1. The molecule has 2 N–H and O–H groups in total. The first-order valence-corrected chi connectivity index (χ1v) is 8.98. The van der Waals surface area contributed by atoms with Crippen molar-refractivity contribution in [3.63, 3.8) is 0 Å². The number of aliphatic hydroxyl groups excluding tert-OH is 1. The topological polar surface area (TPSA) is 104 Å².